The second kappa shape index (κ2) is 9.27. The van der Waals surface area contributed by atoms with E-state index in [-0.39, 0.29) is 11.4 Å². The van der Waals surface area contributed by atoms with Crippen LogP contribution in [0.5, 0.6) is 0 Å². The number of aryl methyl sites for hydroxylation is 2. The van der Waals surface area contributed by atoms with Gasteiger partial charge < -0.3 is 9.88 Å². The SMILES string of the molecule is CN1C(=O)C2(CCN(C3(CC#N)CCC3)CC2)c2c1cnc1[nH]c(-c3cn(C)nc3C3CC3)c(-c3ccc4c(cnn4C)c3)c21. The quantitative estimate of drug-likeness (QED) is 0.284. The molecule has 3 fully saturated rings. The van der Waals surface area contributed by atoms with Gasteiger partial charge in [0.15, 0.2) is 0 Å². The first-order valence-corrected chi connectivity index (χ1v) is 16.2. The summed E-state index contributed by atoms with van der Waals surface area (Å²) in [6.07, 6.45) is 13.6. The summed E-state index contributed by atoms with van der Waals surface area (Å²) in [5, 5.41) is 21.2. The highest BCUT2D eigenvalue weighted by molar-refractivity contribution is 6.16. The van der Waals surface area contributed by atoms with Crippen LogP contribution in [0.1, 0.15) is 68.5 Å². The van der Waals surface area contributed by atoms with Crippen molar-refractivity contribution in [1.82, 2.24) is 34.4 Å². The summed E-state index contributed by atoms with van der Waals surface area (Å²) in [6, 6.07) is 9.00. The predicted octanol–water partition coefficient (Wildman–Crippen LogP) is 5.54. The molecular formula is C35H37N9O. The molecule has 6 heterocycles. The number of nitriles is 1. The van der Waals surface area contributed by atoms with Gasteiger partial charge in [-0.25, -0.2) is 4.98 Å². The molecule has 0 unspecified atom stereocenters. The number of pyridine rings is 1. The Labute approximate surface area is 261 Å². The zero-order valence-corrected chi connectivity index (χ0v) is 26.1. The summed E-state index contributed by atoms with van der Waals surface area (Å²) in [5.41, 5.74) is 8.64. The smallest absolute Gasteiger partial charge is 0.237 e. The number of anilines is 1. The van der Waals surface area contributed by atoms with E-state index in [1.807, 2.05) is 47.8 Å². The fraction of sp³-hybridized carbons (Fsp3) is 0.457. The first-order valence-electron chi connectivity index (χ1n) is 16.2. The number of piperidine rings is 1. The molecule has 1 N–H and O–H groups in total. The van der Waals surface area contributed by atoms with E-state index >= 15 is 0 Å². The maximum absolute atomic E-state index is 14.4. The van der Waals surface area contributed by atoms with Crippen LogP contribution in [0.15, 0.2) is 36.8 Å². The Morgan fingerprint density at radius 1 is 1.09 bits per heavy atom. The highest BCUT2D eigenvalue weighted by Gasteiger charge is 2.55. The third-order valence-electron chi connectivity index (χ3n) is 11.5. The Balaban J connectivity index is 1.27. The van der Waals surface area contributed by atoms with E-state index in [0.717, 1.165) is 113 Å². The Hall–Kier alpha value is -4.49. The zero-order valence-electron chi connectivity index (χ0n) is 26.1. The van der Waals surface area contributed by atoms with Crippen LogP contribution in [0.25, 0.3) is 44.3 Å². The average molecular weight is 600 g/mol. The molecule has 2 aliphatic carbocycles. The number of H-pyrrole nitrogens is 1. The van der Waals surface area contributed by atoms with Crippen LogP contribution in [0.2, 0.25) is 0 Å². The first kappa shape index (κ1) is 26.9. The minimum Gasteiger partial charge on any atom is -0.339 e. The fourth-order valence-electron chi connectivity index (χ4n) is 8.75. The standard InChI is InChI=1S/C35H37N9O/c1-41-20-24(30(40-41)21-5-6-21)31-27(22-7-8-25-23(17-22)18-38-43(25)3)28-29-26(19-37-32(28)39-31)42(2)33(45)35(29)12-15-44(16-13-35)34(11-14-36)9-4-10-34/h7-8,17-21H,4-6,9-13,15-16H2,1-3H3,(H,37,39). The number of carbonyl (C=O) groups is 1. The van der Waals surface area contributed by atoms with E-state index in [0.29, 0.717) is 12.3 Å². The average Bonchev–Trinajstić information content (AvgIpc) is 3.47. The van der Waals surface area contributed by atoms with Crippen LogP contribution in [-0.2, 0) is 24.3 Å². The third kappa shape index (κ3) is 3.64. The molecule has 1 saturated heterocycles. The molecule has 1 spiro atoms. The molecule has 0 radical (unpaired) electrons. The minimum absolute atomic E-state index is 0.0224. The van der Waals surface area contributed by atoms with Gasteiger partial charge in [0.25, 0.3) is 0 Å². The van der Waals surface area contributed by atoms with Gasteiger partial charge >= 0.3 is 0 Å². The Morgan fingerprint density at radius 2 is 1.89 bits per heavy atom. The maximum atomic E-state index is 14.4. The molecule has 1 aromatic carbocycles. The number of aromatic nitrogens is 6. The lowest BCUT2D eigenvalue weighted by Gasteiger charge is -2.53. The summed E-state index contributed by atoms with van der Waals surface area (Å²) in [5.74, 6) is 0.626. The van der Waals surface area contributed by atoms with Gasteiger partial charge in [-0.15, -0.1) is 0 Å². The van der Waals surface area contributed by atoms with Crippen molar-refractivity contribution < 1.29 is 4.79 Å². The van der Waals surface area contributed by atoms with Crippen molar-refractivity contribution in [3.8, 4) is 28.5 Å². The molecular weight excluding hydrogens is 562 g/mol. The third-order valence-corrected chi connectivity index (χ3v) is 11.5. The molecule has 228 valence electrons. The fourth-order valence-corrected chi connectivity index (χ4v) is 8.75. The molecule has 45 heavy (non-hydrogen) atoms. The predicted molar refractivity (Wildman–Crippen MR) is 173 cm³/mol. The van der Waals surface area contributed by atoms with Gasteiger partial charge in [0.2, 0.25) is 5.91 Å². The first-order chi connectivity index (χ1) is 21.8. The van der Waals surface area contributed by atoms with Gasteiger partial charge in [-0.2, -0.15) is 15.5 Å². The monoisotopic (exact) mass is 599 g/mol. The summed E-state index contributed by atoms with van der Waals surface area (Å²) < 4.78 is 3.82. The number of hydrogen-bond acceptors (Lipinski definition) is 6. The van der Waals surface area contributed by atoms with Crippen molar-refractivity contribution in [2.24, 2.45) is 14.1 Å². The van der Waals surface area contributed by atoms with Crippen LogP contribution in [0, 0.1) is 11.3 Å². The number of rotatable bonds is 5. The van der Waals surface area contributed by atoms with Crippen molar-refractivity contribution in [1.29, 1.82) is 5.26 Å². The molecule has 2 saturated carbocycles. The van der Waals surface area contributed by atoms with Crippen molar-refractivity contribution in [3.63, 3.8) is 0 Å². The Morgan fingerprint density at radius 3 is 2.60 bits per heavy atom. The van der Waals surface area contributed by atoms with E-state index < -0.39 is 5.41 Å². The van der Waals surface area contributed by atoms with Crippen molar-refractivity contribution in [2.75, 3.05) is 25.0 Å². The number of carbonyl (C=O) groups excluding carboxylic acids is 1. The summed E-state index contributed by atoms with van der Waals surface area (Å²) in [4.78, 5) is 27.5. The van der Waals surface area contributed by atoms with Crippen molar-refractivity contribution in [2.45, 2.75) is 68.2 Å². The molecule has 5 aromatic rings. The number of likely N-dealkylation sites (N-methyl/N-ethyl adjacent to an activating group) is 1. The summed E-state index contributed by atoms with van der Waals surface area (Å²) in [7, 11) is 5.86. The van der Waals surface area contributed by atoms with Crippen LogP contribution < -0.4 is 4.90 Å². The summed E-state index contributed by atoms with van der Waals surface area (Å²) in [6.45, 7) is 1.63. The van der Waals surface area contributed by atoms with Gasteiger partial charge in [0, 0.05) is 79.3 Å². The number of benzene rings is 1. The Bertz CT molecular complexity index is 2070. The minimum atomic E-state index is -0.639. The topological polar surface area (TPSA) is 112 Å². The molecule has 0 bridgehead atoms. The van der Waals surface area contributed by atoms with Crippen molar-refractivity contribution >= 4 is 33.5 Å². The molecule has 2 aliphatic heterocycles. The second-order valence-corrected chi connectivity index (χ2v) is 13.9. The van der Waals surface area contributed by atoms with Crippen LogP contribution in [0.3, 0.4) is 0 Å². The number of likely N-dealkylation sites (tertiary alicyclic amines) is 1. The number of fused-ring (bicyclic) bond motifs is 5. The van der Waals surface area contributed by atoms with E-state index in [2.05, 4.69) is 45.4 Å². The second-order valence-electron chi connectivity index (χ2n) is 13.9. The van der Waals surface area contributed by atoms with Crippen LogP contribution in [0.4, 0.5) is 5.69 Å². The molecule has 1 amide bonds. The number of hydrogen-bond donors (Lipinski definition) is 1. The number of nitrogens with zero attached hydrogens (tertiary/aromatic N) is 8. The van der Waals surface area contributed by atoms with E-state index in [1.165, 1.54) is 6.42 Å². The normalized spacial score (nSPS) is 20.7. The molecule has 4 aliphatic rings. The van der Waals surface area contributed by atoms with E-state index in [1.54, 1.807) is 0 Å². The highest BCUT2D eigenvalue weighted by Crippen LogP contribution is 2.55. The van der Waals surface area contributed by atoms with Gasteiger partial charge in [-0.05, 0) is 62.6 Å². The Kier molecular flexibility index (Phi) is 5.53. The maximum Gasteiger partial charge on any atom is 0.237 e. The zero-order chi connectivity index (χ0) is 30.7. The number of aromatic amines is 1. The largest absolute Gasteiger partial charge is 0.339 e. The van der Waals surface area contributed by atoms with Crippen LogP contribution >= 0.6 is 0 Å². The van der Waals surface area contributed by atoms with Gasteiger partial charge in [0.1, 0.15) is 5.65 Å². The lowest BCUT2D eigenvalue weighted by atomic mass is 9.68. The lowest BCUT2D eigenvalue weighted by molar-refractivity contribution is -0.126. The van der Waals surface area contributed by atoms with E-state index in [4.69, 9.17) is 10.1 Å². The van der Waals surface area contributed by atoms with Gasteiger partial charge in [-0.1, -0.05) is 6.07 Å². The molecule has 10 nitrogen and oxygen atoms in total. The highest BCUT2D eigenvalue weighted by atomic mass is 16.2. The van der Waals surface area contributed by atoms with E-state index in [9.17, 15) is 10.1 Å². The van der Waals surface area contributed by atoms with Crippen molar-refractivity contribution in [3.05, 3.63) is 48.0 Å². The lowest BCUT2D eigenvalue weighted by Crippen LogP contribution is -2.59. The molecule has 10 heteroatoms. The number of amides is 1. The number of nitrogens with one attached hydrogen (secondary N) is 1. The van der Waals surface area contributed by atoms with Gasteiger partial charge in [0.05, 0.1) is 52.9 Å². The molecule has 9 rings (SSSR count). The van der Waals surface area contributed by atoms with Crippen LogP contribution in [-0.4, -0.2) is 66.0 Å². The molecule has 4 aromatic heterocycles. The molecule has 0 atom stereocenters. The van der Waals surface area contributed by atoms with Gasteiger partial charge in [-0.3, -0.25) is 19.1 Å². The summed E-state index contributed by atoms with van der Waals surface area (Å²) >= 11 is 0.